The second-order valence-corrected chi connectivity index (χ2v) is 4.67. The Kier molecular flexibility index (Phi) is 6.69. The number of ether oxygens (including phenoxy) is 5. The van der Waals surface area contributed by atoms with Gasteiger partial charge in [-0.25, -0.2) is 4.39 Å². The first kappa shape index (κ1) is 18.3. The fourth-order valence-electron chi connectivity index (χ4n) is 2.03. The molecule has 2 unspecified atom stereocenters. The number of carbonyl (C=O) groups is 3. The summed E-state index contributed by atoms with van der Waals surface area (Å²) in [5.41, 5.74) is 0. The highest BCUT2D eigenvalue weighted by molar-refractivity contribution is 5.67. The van der Waals surface area contributed by atoms with Crippen LogP contribution in [0.2, 0.25) is 0 Å². The monoisotopic (exact) mass is 321 g/mol. The molecule has 126 valence electrons. The molecule has 1 aliphatic heterocycles. The maximum absolute atomic E-state index is 14.5. The van der Waals surface area contributed by atoms with Gasteiger partial charge in [0.15, 0.2) is 24.7 Å². The smallest absolute Gasteiger partial charge is 0.303 e. The Bertz CT molecular complexity index is 426. The lowest BCUT2D eigenvalue weighted by Crippen LogP contribution is -2.60. The van der Waals surface area contributed by atoms with E-state index in [9.17, 15) is 18.8 Å². The molecule has 0 N–H and O–H groups in total. The fraction of sp³-hybridized carbons (Fsp3) is 0.769. The molecule has 9 heteroatoms. The number of esters is 3. The van der Waals surface area contributed by atoms with Gasteiger partial charge >= 0.3 is 17.9 Å². The van der Waals surface area contributed by atoms with Crippen molar-refractivity contribution in [2.45, 2.75) is 51.5 Å². The average Bonchev–Trinajstić information content (AvgIpc) is 2.41. The van der Waals surface area contributed by atoms with E-state index in [1.54, 1.807) is 0 Å². The number of alkyl halides is 1. The molecule has 0 aromatic heterocycles. The van der Waals surface area contributed by atoms with Crippen LogP contribution in [0.3, 0.4) is 0 Å². The van der Waals surface area contributed by atoms with E-state index in [2.05, 4.69) is 0 Å². The van der Waals surface area contributed by atoms with E-state index in [-0.39, 0.29) is 6.61 Å². The van der Waals surface area contributed by atoms with E-state index in [1.807, 2.05) is 0 Å². The van der Waals surface area contributed by atoms with Crippen LogP contribution in [0.25, 0.3) is 0 Å². The molecule has 1 fully saturated rings. The molecule has 1 rings (SSSR count). The molecule has 1 aliphatic rings. The minimum Gasteiger partial charge on any atom is -0.463 e. The second kappa shape index (κ2) is 8.04. The third-order valence-corrected chi connectivity index (χ3v) is 2.86. The van der Waals surface area contributed by atoms with Gasteiger partial charge in [0.2, 0.25) is 0 Å². The van der Waals surface area contributed by atoms with Crippen molar-refractivity contribution >= 4 is 17.9 Å². The first-order chi connectivity index (χ1) is 10.3. The zero-order valence-corrected chi connectivity index (χ0v) is 12.7. The van der Waals surface area contributed by atoms with E-state index in [0.717, 1.165) is 20.8 Å². The molecule has 0 bridgehead atoms. The highest BCUT2D eigenvalue weighted by Crippen LogP contribution is 2.29. The summed E-state index contributed by atoms with van der Waals surface area (Å²) < 4.78 is 39.3. The fourth-order valence-corrected chi connectivity index (χ4v) is 2.03. The summed E-state index contributed by atoms with van der Waals surface area (Å²) in [7, 11) is 1.26. The van der Waals surface area contributed by atoms with Crippen molar-refractivity contribution in [1.82, 2.24) is 0 Å². The van der Waals surface area contributed by atoms with Gasteiger partial charge in [-0.3, -0.25) is 14.4 Å². The van der Waals surface area contributed by atoms with Crippen LogP contribution in [-0.4, -0.2) is 62.4 Å². The first-order valence-corrected chi connectivity index (χ1v) is 6.56. The SMILES string of the molecule is CO[C@@H]1OC(COC(C)=O)[C@@H]([18F])[C@H](OC(C)=O)C1OC(C)=O. The van der Waals surface area contributed by atoms with Crippen LogP contribution in [0, 0.1) is 0 Å². The largest absolute Gasteiger partial charge is 0.463 e. The number of carbonyl (C=O) groups excluding carboxylic acids is 3. The summed E-state index contributed by atoms with van der Waals surface area (Å²) in [4.78, 5) is 33.1. The third kappa shape index (κ3) is 4.92. The molecule has 0 spiro atoms. The Morgan fingerprint density at radius 1 is 1.00 bits per heavy atom. The minimum atomic E-state index is -1.86. The number of hydrogen-bond donors (Lipinski definition) is 0. The van der Waals surface area contributed by atoms with Crippen molar-refractivity contribution in [1.29, 1.82) is 0 Å². The molecular formula is C13H19FO8. The molecule has 0 radical (unpaired) electrons. The van der Waals surface area contributed by atoms with Crippen LogP contribution in [0.1, 0.15) is 20.8 Å². The van der Waals surface area contributed by atoms with Crippen LogP contribution in [0.5, 0.6) is 0 Å². The maximum atomic E-state index is 14.5. The van der Waals surface area contributed by atoms with E-state index < -0.39 is 48.7 Å². The predicted molar refractivity (Wildman–Crippen MR) is 68.3 cm³/mol. The van der Waals surface area contributed by atoms with Gasteiger partial charge in [0.1, 0.15) is 12.7 Å². The average molecular weight is 321 g/mol. The van der Waals surface area contributed by atoms with Gasteiger partial charge < -0.3 is 23.7 Å². The molecule has 1 heterocycles. The summed E-state index contributed by atoms with van der Waals surface area (Å²) in [6, 6.07) is 0. The number of rotatable bonds is 5. The quantitative estimate of drug-likeness (QED) is 0.520. The normalized spacial score (nSPS) is 31.2. The van der Waals surface area contributed by atoms with E-state index in [1.165, 1.54) is 7.11 Å². The maximum Gasteiger partial charge on any atom is 0.303 e. The molecule has 0 amide bonds. The second-order valence-electron chi connectivity index (χ2n) is 4.67. The molecule has 22 heavy (non-hydrogen) atoms. The van der Waals surface area contributed by atoms with Gasteiger partial charge in [-0.05, 0) is 0 Å². The highest BCUT2D eigenvalue weighted by atomic mass is 18.2. The van der Waals surface area contributed by atoms with E-state index in [4.69, 9.17) is 23.7 Å². The number of hydrogen-bond acceptors (Lipinski definition) is 8. The van der Waals surface area contributed by atoms with Gasteiger partial charge in [0.25, 0.3) is 0 Å². The Labute approximate surface area is 126 Å². The molecule has 5 atom stereocenters. The Morgan fingerprint density at radius 3 is 2.00 bits per heavy atom. The molecule has 0 aromatic carbocycles. The summed E-state index contributed by atoms with van der Waals surface area (Å²) in [5.74, 6) is -2.08. The Morgan fingerprint density at radius 2 is 1.55 bits per heavy atom. The van der Waals surface area contributed by atoms with Crippen molar-refractivity contribution in [2.75, 3.05) is 13.7 Å². The third-order valence-electron chi connectivity index (χ3n) is 2.86. The lowest BCUT2D eigenvalue weighted by molar-refractivity contribution is -0.290. The van der Waals surface area contributed by atoms with Crippen LogP contribution in [-0.2, 0) is 38.1 Å². The first-order valence-electron chi connectivity index (χ1n) is 6.56. The Hall–Kier alpha value is -1.74. The molecule has 0 aromatic rings. The van der Waals surface area contributed by atoms with Crippen molar-refractivity contribution in [2.24, 2.45) is 0 Å². The zero-order valence-electron chi connectivity index (χ0n) is 12.7. The van der Waals surface area contributed by atoms with Crippen molar-refractivity contribution in [3.05, 3.63) is 0 Å². The van der Waals surface area contributed by atoms with Crippen LogP contribution < -0.4 is 0 Å². The van der Waals surface area contributed by atoms with Gasteiger partial charge in [-0.1, -0.05) is 0 Å². The molecular weight excluding hydrogens is 302 g/mol. The van der Waals surface area contributed by atoms with E-state index >= 15 is 0 Å². The van der Waals surface area contributed by atoms with E-state index in [0.29, 0.717) is 0 Å². The summed E-state index contributed by atoms with van der Waals surface area (Å²) in [5, 5.41) is 0. The van der Waals surface area contributed by atoms with Crippen LogP contribution in [0.15, 0.2) is 0 Å². The van der Waals surface area contributed by atoms with Gasteiger partial charge in [-0.15, -0.1) is 0 Å². The molecule has 0 saturated carbocycles. The van der Waals surface area contributed by atoms with Gasteiger partial charge in [-0.2, -0.15) is 0 Å². The summed E-state index contributed by atoms with van der Waals surface area (Å²) in [6.07, 6.45) is -6.94. The molecule has 8 nitrogen and oxygen atoms in total. The van der Waals surface area contributed by atoms with Crippen molar-refractivity contribution in [3.8, 4) is 0 Å². The predicted octanol–water partition coefficient (Wildman–Crippen LogP) is 0.122. The zero-order chi connectivity index (χ0) is 16.9. The van der Waals surface area contributed by atoms with Crippen molar-refractivity contribution in [3.63, 3.8) is 0 Å². The summed E-state index contributed by atoms with van der Waals surface area (Å²) >= 11 is 0. The highest BCUT2D eigenvalue weighted by Gasteiger charge is 2.51. The van der Waals surface area contributed by atoms with Gasteiger partial charge in [0.05, 0.1) is 0 Å². The molecule has 0 aliphatic carbocycles. The standard InChI is InChI=1S/C13H19FO8/c1-6(15)19-5-9-10(14)11(20-7(2)16)12(21-8(3)17)13(18-4)22-9/h9-13H,5H2,1-4H3/t9?,10-,11+,12?,13-/m1/s1/i14-1. The van der Waals surface area contributed by atoms with Crippen LogP contribution >= 0.6 is 0 Å². The van der Waals surface area contributed by atoms with Gasteiger partial charge in [0, 0.05) is 27.9 Å². The molecule has 1 saturated heterocycles. The Balaban J connectivity index is 2.95. The topological polar surface area (TPSA) is 97.4 Å². The van der Waals surface area contributed by atoms with Crippen LogP contribution in [0.4, 0.5) is 4.39 Å². The lowest BCUT2D eigenvalue weighted by atomic mass is 9.99. The lowest BCUT2D eigenvalue weighted by Gasteiger charge is -2.41. The number of halogens is 1. The van der Waals surface area contributed by atoms with Crippen molar-refractivity contribution < 1.29 is 42.5 Å². The minimum absolute atomic E-state index is 0.388. The summed E-state index contributed by atoms with van der Waals surface area (Å²) in [6.45, 7) is 2.99. The number of methoxy groups -OCH3 is 1.